The van der Waals surface area contributed by atoms with Crippen molar-refractivity contribution in [2.45, 2.75) is 33.2 Å². The van der Waals surface area contributed by atoms with E-state index in [4.69, 9.17) is 0 Å². The number of hydrogen-bond donors (Lipinski definition) is 2. The van der Waals surface area contributed by atoms with Crippen LogP contribution in [0.3, 0.4) is 0 Å². The molecule has 2 N–H and O–H groups in total. The molecule has 1 unspecified atom stereocenters. The Kier molecular flexibility index (Phi) is 5.00. The maximum Gasteiger partial charge on any atom is 0.251 e. The van der Waals surface area contributed by atoms with E-state index in [1.165, 1.54) is 5.56 Å². The van der Waals surface area contributed by atoms with Crippen LogP contribution in [0.25, 0.3) is 0 Å². The molecule has 2 aromatic rings. The summed E-state index contributed by atoms with van der Waals surface area (Å²) in [4.78, 5) is 16.7. The van der Waals surface area contributed by atoms with Gasteiger partial charge in [-0.25, -0.2) is 13.4 Å². The number of aryl methyl sites for hydroxylation is 3. The quantitative estimate of drug-likeness (QED) is 0.860. The average Bonchev–Trinajstić information content (AvgIpc) is 2.90. The number of rotatable bonds is 4. The highest BCUT2D eigenvalue weighted by molar-refractivity contribution is 7.91. The molecule has 0 radical (unpaired) electrons. The third-order valence-corrected chi connectivity index (χ3v) is 6.29. The molecule has 1 saturated heterocycles. The fraction of sp³-hybridized carbons (Fsp3) is 0.368. The van der Waals surface area contributed by atoms with Gasteiger partial charge < -0.3 is 10.6 Å². The summed E-state index contributed by atoms with van der Waals surface area (Å²) in [5, 5.41) is 6.08. The Labute approximate surface area is 154 Å². The van der Waals surface area contributed by atoms with Gasteiger partial charge in [0.05, 0.1) is 11.5 Å². The molecule has 26 heavy (non-hydrogen) atoms. The van der Waals surface area contributed by atoms with Gasteiger partial charge in [0.2, 0.25) is 0 Å². The molecule has 2 heterocycles. The van der Waals surface area contributed by atoms with E-state index in [2.05, 4.69) is 34.7 Å². The average molecular weight is 373 g/mol. The molecule has 0 spiro atoms. The molecule has 0 aliphatic carbocycles. The van der Waals surface area contributed by atoms with Gasteiger partial charge in [-0.05, 0) is 50.5 Å². The molecule has 6 nitrogen and oxygen atoms in total. The van der Waals surface area contributed by atoms with Crippen molar-refractivity contribution >= 4 is 27.2 Å². The van der Waals surface area contributed by atoms with Crippen molar-refractivity contribution in [3.63, 3.8) is 0 Å². The molecule has 3 rings (SSSR count). The van der Waals surface area contributed by atoms with Gasteiger partial charge in [0.15, 0.2) is 9.84 Å². The van der Waals surface area contributed by atoms with Crippen LogP contribution in [0.5, 0.6) is 0 Å². The van der Waals surface area contributed by atoms with Crippen LogP contribution in [0.4, 0.5) is 11.5 Å². The topological polar surface area (TPSA) is 88.2 Å². The summed E-state index contributed by atoms with van der Waals surface area (Å²) >= 11 is 0. The summed E-state index contributed by atoms with van der Waals surface area (Å²) in [6.07, 6.45) is 2.04. The van der Waals surface area contributed by atoms with Gasteiger partial charge in [0, 0.05) is 23.5 Å². The summed E-state index contributed by atoms with van der Waals surface area (Å²) in [5.41, 5.74) is 4.83. The van der Waals surface area contributed by atoms with Crippen molar-refractivity contribution in [3.05, 3.63) is 52.7 Å². The number of carbonyl (C=O) groups is 1. The number of sulfone groups is 1. The maximum atomic E-state index is 12.4. The third kappa shape index (κ3) is 4.22. The molecule has 7 heteroatoms. The van der Waals surface area contributed by atoms with E-state index in [1.54, 1.807) is 18.3 Å². The Hall–Kier alpha value is -2.41. The smallest absolute Gasteiger partial charge is 0.251 e. The van der Waals surface area contributed by atoms with E-state index >= 15 is 0 Å². The van der Waals surface area contributed by atoms with Crippen molar-refractivity contribution in [2.24, 2.45) is 0 Å². The monoisotopic (exact) mass is 373 g/mol. The van der Waals surface area contributed by atoms with Crippen LogP contribution < -0.4 is 10.6 Å². The van der Waals surface area contributed by atoms with Crippen LogP contribution in [0.2, 0.25) is 0 Å². The van der Waals surface area contributed by atoms with Crippen LogP contribution in [0.15, 0.2) is 30.5 Å². The number of nitrogens with one attached hydrogen (secondary N) is 2. The number of pyridine rings is 1. The summed E-state index contributed by atoms with van der Waals surface area (Å²) in [6, 6.07) is 7.16. The third-order valence-electron chi connectivity index (χ3n) is 4.52. The molecule has 1 aliphatic rings. The van der Waals surface area contributed by atoms with Gasteiger partial charge in [-0.15, -0.1) is 0 Å². The number of anilines is 2. The minimum atomic E-state index is -3.02. The van der Waals surface area contributed by atoms with Crippen LogP contribution in [0, 0.1) is 20.8 Å². The van der Waals surface area contributed by atoms with Crippen LogP contribution in [-0.2, 0) is 9.84 Å². The van der Waals surface area contributed by atoms with Gasteiger partial charge in [-0.2, -0.15) is 0 Å². The SMILES string of the molecule is Cc1cc(C)c(Nc2cc(C(=O)NC3CCS(=O)(=O)C3)ccn2)c(C)c1. The van der Waals surface area contributed by atoms with E-state index in [-0.39, 0.29) is 23.5 Å². The molecule has 1 fully saturated rings. The minimum absolute atomic E-state index is 0.0106. The predicted octanol–water partition coefficient (Wildman–Crippen LogP) is 2.67. The molecule has 1 aliphatic heterocycles. The molecule has 1 aromatic carbocycles. The molecule has 1 amide bonds. The molecule has 1 aromatic heterocycles. The summed E-state index contributed by atoms with van der Waals surface area (Å²) < 4.78 is 23.1. The van der Waals surface area contributed by atoms with Gasteiger partial charge in [-0.1, -0.05) is 17.7 Å². The lowest BCUT2D eigenvalue weighted by atomic mass is 10.1. The number of hydrogen-bond acceptors (Lipinski definition) is 5. The molecule has 138 valence electrons. The van der Waals surface area contributed by atoms with Gasteiger partial charge >= 0.3 is 0 Å². The summed E-state index contributed by atoms with van der Waals surface area (Å²) in [5.74, 6) is 0.436. The first kappa shape index (κ1) is 18.4. The Morgan fingerprint density at radius 3 is 2.46 bits per heavy atom. The standard InChI is InChI=1S/C19H23N3O3S/c1-12-8-13(2)18(14(3)9-12)22-17-10-15(4-6-20-17)19(23)21-16-5-7-26(24,25)11-16/h4,6,8-10,16H,5,7,11H2,1-3H3,(H,20,22)(H,21,23). The Balaban J connectivity index is 1.75. The molecular formula is C19H23N3O3S. The van der Waals surface area contributed by atoms with E-state index in [0.29, 0.717) is 17.8 Å². The maximum absolute atomic E-state index is 12.4. The largest absolute Gasteiger partial charge is 0.348 e. The first-order valence-corrected chi connectivity index (χ1v) is 10.4. The zero-order valence-electron chi connectivity index (χ0n) is 15.2. The number of nitrogens with zero attached hydrogens (tertiary/aromatic N) is 1. The Bertz CT molecular complexity index is 931. The fourth-order valence-corrected chi connectivity index (χ4v) is 5.00. The van der Waals surface area contributed by atoms with Crippen molar-refractivity contribution in [3.8, 4) is 0 Å². The highest BCUT2D eigenvalue weighted by atomic mass is 32.2. The van der Waals surface area contributed by atoms with Crippen LogP contribution >= 0.6 is 0 Å². The van der Waals surface area contributed by atoms with Crippen LogP contribution in [0.1, 0.15) is 33.5 Å². The van der Waals surface area contributed by atoms with E-state index in [1.807, 2.05) is 13.8 Å². The molecule has 0 bridgehead atoms. The Morgan fingerprint density at radius 1 is 1.15 bits per heavy atom. The van der Waals surface area contributed by atoms with E-state index in [0.717, 1.165) is 16.8 Å². The number of benzene rings is 1. The first-order valence-electron chi connectivity index (χ1n) is 8.56. The first-order chi connectivity index (χ1) is 12.2. The van der Waals surface area contributed by atoms with E-state index < -0.39 is 9.84 Å². The van der Waals surface area contributed by atoms with Crippen molar-refractivity contribution in [2.75, 3.05) is 16.8 Å². The highest BCUT2D eigenvalue weighted by Gasteiger charge is 2.29. The van der Waals surface area contributed by atoms with Crippen molar-refractivity contribution in [1.29, 1.82) is 0 Å². The molecule has 0 saturated carbocycles. The van der Waals surface area contributed by atoms with Gasteiger partial charge in [0.1, 0.15) is 5.82 Å². The summed E-state index contributed by atoms with van der Waals surface area (Å²) in [6.45, 7) is 6.11. The second kappa shape index (κ2) is 7.07. The highest BCUT2D eigenvalue weighted by Crippen LogP contribution is 2.25. The minimum Gasteiger partial charge on any atom is -0.348 e. The molecule has 1 atom stereocenters. The number of carbonyl (C=O) groups excluding carboxylic acids is 1. The van der Waals surface area contributed by atoms with Crippen molar-refractivity contribution in [1.82, 2.24) is 10.3 Å². The van der Waals surface area contributed by atoms with E-state index in [9.17, 15) is 13.2 Å². The Morgan fingerprint density at radius 2 is 1.85 bits per heavy atom. The zero-order valence-corrected chi connectivity index (χ0v) is 16.0. The fourth-order valence-electron chi connectivity index (χ4n) is 3.32. The summed E-state index contributed by atoms with van der Waals surface area (Å²) in [7, 11) is -3.02. The van der Waals surface area contributed by atoms with Gasteiger partial charge in [0.25, 0.3) is 5.91 Å². The lowest BCUT2D eigenvalue weighted by Gasteiger charge is -2.14. The van der Waals surface area contributed by atoms with Crippen molar-refractivity contribution < 1.29 is 13.2 Å². The van der Waals surface area contributed by atoms with Gasteiger partial charge in [-0.3, -0.25) is 4.79 Å². The normalized spacial score (nSPS) is 18.5. The number of aromatic nitrogens is 1. The zero-order chi connectivity index (χ0) is 18.9. The number of amides is 1. The second-order valence-electron chi connectivity index (χ2n) is 6.90. The molecular weight excluding hydrogens is 350 g/mol. The van der Waals surface area contributed by atoms with Crippen LogP contribution in [-0.4, -0.2) is 36.9 Å². The lowest BCUT2D eigenvalue weighted by Crippen LogP contribution is -2.35. The second-order valence-corrected chi connectivity index (χ2v) is 9.13. The lowest BCUT2D eigenvalue weighted by molar-refractivity contribution is 0.0941. The predicted molar refractivity (Wildman–Crippen MR) is 103 cm³/mol.